The molecule has 7 nitrogen and oxygen atoms in total. The molecule has 126 valence electrons. The molecular formula is C17H17NO6. The lowest BCUT2D eigenvalue weighted by molar-refractivity contribution is -0.173. The minimum absolute atomic E-state index is 0.104. The lowest BCUT2D eigenvalue weighted by Gasteiger charge is -2.33. The van der Waals surface area contributed by atoms with E-state index in [1.54, 1.807) is 10.6 Å². The maximum absolute atomic E-state index is 12.9. The lowest BCUT2D eigenvalue weighted by atomic mass is 9.83. The molecule has 4 aliphatic rings. The number of carbonyl (C=O) groups is 1. The summed E-state index contributed by atoms with van der Waals surface area (Å²) in [6.07, 6.45) is 5.64. The monoisotopic (exact) mass is 331 g/mol. The molecule has 0 bridgehead atoms. The summed E-state index contributed by atoms with van der Waals surface area (Å²) in [4.78, 5) is 25.2. The van der Waals surface area contributed by atoms with Crippen LogP contribution in [-0.2, 0) is 43.5 Å². The number of aliphatic hydroxyl groups is 1. The van der Waals surface area contributed by atoms with Gasteiger partial charge in [-0.25, -0.2) is 4.79 Å². The molecule has 1 aromatic rings. The third kappa shape index (κ3) is 1.70. The Morgan fingerprint density at radius 1 is 1.25 bits per heavy atom. The summed E-state index contributed by atoms with van der Waals surface area (Å²) in [6, 6.07) is 1.69. The highest BCUT2D eigenvalue weighted by Crippen LogP contribution is 2.46. The fraction of sp³-hybridized carbons (Fsp3) is 0.529. The molecular weight excluding hydrogens is 314 g/mol. The van der Waals surface area contributed by atoms with E-state index in [1.165, 1.54) is 12.5 Å². The van der Waals surface area contributed by atoms with Crippen LogP contribution < -0.4 is 5.56 Å². The molecule has 0 aromatic carbocycles. The van der Waals surface area contributed by atoms with E-state index in [1.807, 2.05) is 0 Å². The van der Waals surface area contributed by atoms with Gasteiger partial charge >= 0.3 is 5.97 Å². The van der Waals surface area contributed by atoms with Crippen LogP contribution in [0.2, 0.25) is 0 Å². The highest BCUT2D eigenvalue weighted by atomic mass is 16.7. The zero-order valence-corrected chi connectivity index (χ0v) is 13.0. The number of rotatable bonds is 2. The molecule has 1 spiro atoms. The number of pyridine rings is 1. The summed E-state index contributed by atoms with van der Waals surface area (Å²) >= 11 is 0. The van der Waals surface area contributed by atoms with E-state index in [4.69, 9.17) is 14.2 Å². The third-order valence-electron chi connectivity index (χ3n) is 5.44. The van der Waals surface area contributed by atoms with E-state index in [2.05, 4.69) is 0 Å². The molecule has 4 heterocycles. The van der Waals surface area contributed by atoms with Gasteiger partial charge in [-0.3, -0.25) is 4.79 Å². The molecule has 5 rings (SSSR count). The molecule has 0 amide bonds. The predicted molar refractivity (Wildman–Crippen MR) is 79.3 cm³/mol. The van der Waals surface area contributed by atoms with Gasteiger partial charge in [0.05, 0.1) is 5.56 Å². The Labute approximate surface area is 137 Å². The van der Waals surface area contributed by atoms with Gasteiger partial charge in [0.1, 0.15) is 24.8 Å². The molecule has 1 N–H and O–H groups in total. The van der Waals surface area contributed by atoms with E-state index in [9.17, 15) is 14.7 Å². The van der Waals surface area contributed by atoms with Crippen molar-refractivity contribution in [3.05, 3.63) is 45.8 Å². The Morgan fingerprint density at radius 2 is 2.00 bits per heavy atom. The van der Waals surface area contributed by atoms with E-state index in [-0.39, 0.29) is 18.6 Å². The quantitative estimate of drug-likeness (QED) is 0.813. The van der Waals surface area contributed by atoms with Crippen LogP contribution in [0.5, 0.6) is 0 Å². The summed E-state index contributed by atoms with van der Waals surface area (Å²) in [5.41, 5.74) is -0.772. The fourth-order valence-electron chi connectivity index (χ4n) is 3.96. The number of cyclic esters (lactones) is 1. The number of carbonyl (C=O) groups excluding carboxylic acids is 1. The van der Waals surface area contributed by atoms with E-state index in [0.717, 1.165) is 12.8 Å². The summed E-state index contributed by atoms with van der Waals surface area (Å²) in [7, 11) is 0. The standard InChI is InChI=1S/C17H17NO6/c19-14-11-9-22-15(20)16(21,8-10-1-2-10)12(11)7-13-17(3-4-18(13)14)23-5-6-24-17/h5-7,10,21H,1-4,8-9H2/t16-/m0/s1. The van der Waals surface area contributed by atoms with Crippen molar-refractivity contribution in [2.45, 2.75) is 50.2 Å². The summed E-state index contributed by atoms with van der Waals surface area (Å²) in [5.74, 6) is -1.42. The van der Waals surface area contributed by atoms with E-state index < -0.39 is 17.4 Å². The van der Waals surface area contributed by atoms with Crippen molar-refractivity contribution in [2.75, 3.05) is 0 Å². The highest BCUT2D eigenvalue weighted by molar-refractivity contribution is 5.83. The number of fused-ring (bicyclic) bond motifs is 3. The van der Waals surface area contributed by atoms with Crippen molar-refractivity contribution in [3.8, 4) is 0 Å². The van der Waals surface area contributed by atoms with Crippen molar-refractivity contribution < 1.29 is 24.1 Å². The van der Waals surface area contributed by atoms with Gasteiger partial charge in [-0.2, -0.15) is 0 Å². The average molecular weight is 331 g/mol. The summed E-state index contributed by atoms with van der Waals surface area (Å²) in [6.45, 7) is 0.353. The van der Waals surface area contributed by atoms with Gasteiger partial charge < -0.3 is 23.9 Å². The second-order valence-corrected chi connectivity index (χ2v) is 6.97. The van der Waals surface area contributed by atoms with Crippen molar-refractivity contribution in [1.29, 1.82) is 0 Å². The Hall–Kier alpha value is -2.28. The van der Waals surface area contributed by atoms with Gasteiger partial charge in [0.15, 0.2) is 5.60 Å². The minimum Gasteiger partial charge on any atom is -0.458 e. The molecule has 3 aliphatic heterocycles. The van der Waals surface area contributed by atoms with Crippen LogP contribution >= 0.6 is 0 Å². The zero-order valence-electron chi connectivity index (χ0n) is 13.0. The fourth-order valence-corrected chi connectivity index (χ4v) is 3.96. The molecule has 7 heteroatoms. The average Bonchev–Trinajstić information content (AvgIpc) is 3.12. The maximum atomic E-state index is 12.9. The first-order valence-electron chi connectivity index (χ1n) is 8.21. The number of esters is 1. The number of aromatic nitrogens is 1. The SMILES string of the molecule is O=C1OCc2c(cc3n(c2=O)CCC32OC=CO2)[C@@]1(O)CC1CC1. The van der Waals surface area contributed by atoms with E-state index in [0.29, 0.717) is 35.7 Å². The van der Waals surface area contributed by atoms with Crippen molar-refractivity contribution in [3.63, 3.8) is 0 Å². The summed E-state index contributed by atoms with van der Waals surface area (Å²) in [5, 5.41) is 11.1. The molecule has 1 aliphatic carbocycles. The summed E-state index contributed by atoms with van der Waals surface area (Å²) < 4.78 is 17.9. The first kappa shape index (κ1) is 14.1. The third-order valence-corrected chi connectivity index (χ3v) is 5.44. The maximum Gasteiger partial charge on any atom is 0.343 e. The molecule has 1 aromatic heterocycles. The van der Waals surface area contributed by atoms with Crippen LogP contribution in [0.15, 0.2) is 23.4 Å². The zero-order chi connectivity index (χ0) is 16.5. The van der Waals surface area contributed by atoms with Crippen LogP contribution in [0.1, 0.15) is 42.5 Å². The van der Waals surface area contributed by atoms with Gasteiger partial charge in [0.2, 0.25) is 0 Å². The molecule has 1 fully saturated rings. The van der Waals surface area contributed by atoms with Crippen molar-refractivity contribution in [1.82, 2.24) is 4.57 Å². The van der Waals surface area contributed by atoms with Crippen LogP contribution in [0, 0.1) is 5.92 Å². The Bertz CT molecular complexity index is 828. The van der Waals surface area contributed by atoms with Crippen LogP contribution in [0.3, 0.4) is 0 Å². The Balaban J connectivity index is 1.71. The lowest BCUT2D eigenvalue weighted by Crippen LogP contribution is -2.45. The van der Waals surface area contributed by atoms with Gasteiger partial charge in [0, 0.05) is 18.5 Å². The second kappa shape index (κ2) is 4.42. The smallest absolute Gasteiger partial charge is 0.343 e. The second-order valence-electron chi connectivity index (χ2n) is 6.97. The van der Waals surface area contributed by atoms with Gasteiger partial charge in [-0.15, -0.1) is 0 Å². The molecule has 0 saturated heterocycles. The first-order chi connectivity index (χ1) is 11.5. The minimum atomic E-state index is -1.76. The molecule has 24 heavy (non-hydrogen) atoms. The number of ether oxygens (including phenoxy) is 3. The Morgan fingerprint density at radius 3 is 2.71 bits per heavy atom. The topological polar surface area (TPSA) is 87.0 Å². The number of hydrogen-bond acceptors (Lipinski definition) is 6. The van der Waals surface area contributed by atoms with Crippen LogP contribution in [0.4, 0.5) is 0 Å². The number of hydrogen-bond donors (Lipinski definition) is 1. The normalized spacial score (nSPS) is 29.0. The van der Waals surface area contributed by atoms with Crippen molar-refractivity contribution in [2.24, 2.45) is 5.92 Å². The van der Waals surface area contributed by atoms with Crippen LogP contribution in [-0.4, -0.2) is 15.6 Å². The van der Waals surface area contributed by atoms with Gasteiger partial charge in [0.25, 0.3) is 11.3 Å². The van der Waals surface area contributed by atoms with Gasteiger partial charge in [-0.05, 0) is 18.4 Å². The molecule has 0 radical (unpaired) electrons. The van der Waals surface area contributed by atoms with Crippen molar-refractivity contribution >= 4 is 5.97 Å². The molecule has 1 saturated carbocycles. The predicted octanol–water partition coefficient (Wildman–Crippen LogP) is 0.967. The molecule has 1 atom stereocenters. The van der Waals surface area contributed by atoms with Crippen LogP contribution in [0.25, 0.3) is 0 Å². The largest absolute Gasteiger partial charge is 0.458 e. The van der Waals surface area contributed by atoms with Gasteiger partial charge in [-0.1, -0.05) is 12.8 Å². The Kier molecular flexibility index (Phi) is 2.59. The van der Waals surface area contributed by atoms with E-state index >= 15 is 0 Å². The number of nitrogens with zero attached hydrogens (tertiary/aromatic N) is 1. The highest BCUT2D eigenvalue weighted by Gasteiger charge is 2.52. The first-order valence-corrected chi connectivity index (χ1v) is 8.21. The molecule has 0 unspecified atom stereocenters.